The summed E-state index contributed by atoms with van der Waals surface area (Å²) in [6.45, 7) is 0. The van der Waals surface area contributed by atoms with E-state index >= 15 is 0 Å². The smallest absolute Gasteiger partial charge is 0.223 e. The molecule has 1 aliphatic carbocycles. The van der Waals surface area contributed by atoms with Crippen LogP contribution in [0.3, 0.4) is 0 Å². The van der Waals surface area contributed by atoms with Crippen LogP contribution < -0.4 is 0 Å². The highest BCUT2D eigenvalue weighted by atomic mass is 32.2. The molecule has 0 saturated heterocycles. The van der Waals surface area contributed by atoms with Gasteiger partial charge in [-0.3, -0.25) is 4.79 Å². The highest BCUT2D eigenvalue weighted by Gasteiger charge is 2.36. The van der Waals surface area contributed by atoms with Gasteiger partial charge in [-0.25, -0.2) is 8.42 Å². The van der Waals surface area contributed by atoms with Gasteiger partial charge in [-0.15, -0.1) is 0 Å². The first-order valence-electron chi connectivity index (χ1n) is 7.36. The van der Waals surface area contributed by atoms with Gasteiger partial charge in [-0.2, -0.15) is 0 Å². The lowest BCUT2D eigenvalue weighted by atomic mass is 9.93. The van der Waals surface area contributed by atoms with Crippen LogP contribution in [0.2, 0.25) is 0 Å². The third kappa shape index (κ3) is 4.09. The fourth-order valence-electron chi connectivity index (χ4n) is 3.07. The number of nitrogens with zero attached hydrogens (tertiary/aromatic N) is 1. The molecule has 1 aromatic rings. The van der Waals surface area contributed by atoms with Crippen molar-refractivity contribution in [2.45, 2.75) is 49.8 Å². The van der Waals surface area contributed by atoms with Gasteiger partial charge in [0.1, 0.15) is 5.76 Å². The van der Waals surface area contributed by atoms with Crippen molar-refractivity contribution >= 4 is 15.7 Å². The molecular formula is C15H23NO4S. The molecule has 2 rings (SSSR count). The molecular weight excluding hydrogens is 290 g/mol. The fourth-order valence-corrected chi connectivity index (χ4v) is 4.55. The maximum Gasteiger partial charge on any atom is 0.223 e. The molecule has 0 unspecified atom stereocenters. The predicted molar refractivity (Wildman–Crippen MR) is 80.7 cm³/mol. The zero-order valence-electron chi connectivity index (χ0n) is 12.6. The van der Waals surface area contributed by atoms with Gasteiger partial charge < -0.3 is 9.32 Å². The Hall–Kier alpha value is -1.30. The minimum Gasteiger partial charge on any atom is -0.469 e. The normalized spacial score (nSPS) is 23.0. The van der Waals surface area contributed by atoms with Crippen molar-refractivity contribution in [1.82, 2.24) is 4.90 Å². The maximum absolute atomic E-state index is 12.3. The summed E-state index contributed by atoms with van der Waals surface area (Å²) in [4.78, 5) is 13.9. The first-order valence-corrected chi connectivity index (χ1v) is 9.32. The summed E-state index contributed by atoms with van der Waals surface area (Å²) in [5.41, 5.74) is 0. The molecule has 6 heteroatoms. The number of carbonyl (C=O) groups is 1. The molecule has 1 amide bonds. The average Bonchev–Trinajstić information content (AvgIpc) is 2.96. The fraction of sp³-hybridized carbons (Fsp3) is 0.667. The second kappa shape index (κ2) is 6.64. The van der Waals surface area contributed by atoms with Crippen molar-refractivity contribution in [3.8, 4) is 0 Å². The molecule has 1 saturated carbocycles. The van der Waals surface area contributed by atoms with Crippen LogP contribution in [0.5, 0.6) is 0 Å². The molecule has 0 aromatic carbocycles. The Bertz CT molecular complexity index is 565. The summed E-state index contributed by atoms with van der Waals surface area (Å²) < 4.78 is 29.0. The number of rotatable bonds is 5. The van der Waals surface area contributed by atoms with Crippen molar-refractivity contribution in [2.24, 2.45) is 0 Å². The second-order valence-electron chi connectivity index (χ2n) is 5.80. The van der Waals surface area contributed by atoms with Crippen LogP contribution in [0.1, 0.15) is 37.9 Å². The lowest BCUT2D eigenvalue weighted by Gasteiger charge is -2.37. The standard InChI is InChI=1S/C15H23NO4S/c1-16(15(17)10-9-12-6-5-11-20-12)13-7-3-4-8-14(13)21(2,18)19/h5-6,11,13-14H,3-4,7-10H2,1-2H3/t13-,14-/m1/s1. The van der Waals surface area contributed by atoms with Crippen molar-refractivity contribution < 1.29 is 17.6 Å². The lowest BCUT2D eigenvalue weighted by Crippen LogP contribution is -2.49. The second-order valence-corrected chi connectivity index (χ2v) is 8.07. The predicted octanol–water partition coefficient (Wildman–Crippen LogP) is 2.03. The van der Waals surface area contributed by atoms with Gasteiger partial charge in [-0.1, -0.05) is 12.8 Å². The van der Waals surface area contributed by atoms with Gasteiger partial charge in [0.25, 0.3) is 0 Å². The summed E-state index contributed by atoms with van der Waals surface area (Å²) in [7, 11) is -1.40. The third-order valence-electron chi connectivity index (χ3n) is 4.27. The molecule has 0 spiro atoms. The minimum atomic E-state index is -3.12. The van der Waals surface area contributed by atoms with Gasteiger partial charge in [0.05, 0.1) is 11.5 Å². The van der Waals surface area contributed by atoms with Crippen molar-refractivity contribution in [2.75, 3.05) is 13.3 Å². The van der Waals surface area contributed by atoms with Gasteiger partial charge in [0, 0.05) is 32.2 Å². The summed E-state index contributed by atoms with van der Waals surface area (Å²) in [6.07, 6.45) is 7.07. The van der Waals surface area contributed by atoms with E-state index in [0.717, 1.165) is 25.0 Å². The summed E-state index contributed by atoms with van der Waals surface area (Å²) in [6, 6.07) is 3.44. The van der Waals surface area contributed by atoms with Crippen LogP contribution in [0, 0.1) is 0 Å². The highest BCUT2D eigenvalue weighted by molar-refractivity contribution is 7.91. The average molecular weight is 313 g/mol. The van der Waals surface area contributed by atoms with Gasteiger partial charge in [-0.05, 0) is 25.0 Å². The van der Waals surface area contributed by atoms with E-state index < -0.39 is 15.1 Å². The third-order valence-corrected chi connectivity index (χ3v) is 5.92. The zero-order valence-corrected chi connectivity index (χ0v) is 13.4. The SMILES string of the molecule is CN(C(=O)CCc1ccco1)[C@@H]1CCCC[C@H]1S(C)(=O)=O. The first-order chi connectivity index (χ1) is 9.89. The van der Waals surface area contributed by atoms with Crippen molar-refractivity contribution in [1.29, 1.82) is 0 Å². The Morgan fingerprint density at radius 2 is 2.10 bits per heavy atom. The van der Waals surface area contributed by atoms with E-state index in [2.05, 4.69) is 0 Å². The Morgan fingerprint density at radius 3 is 2.71 bits per heavy atom. The number of hydrogen-bond acceptors (Lipinski definition) is 4. The Morgan fingerprint density at radius 1 is 1.38 bits per heavy atom. The quantitative estimate of drug-likeness (QED) is 0.834. The monoisotopic (exact) mass is 313 g/mol. The van der Waals surface area contributed by atoms with Crippen LogP contribution in [-0.4, -0.2) is 43.8 Å². The molecule has 0 N–H and O–H groups in total. The van der Waals surface area contributed by atoms with Gasteiger partial charge in [0.15, 0.2) is 9.84 Å². The number of carbonyl (C=O) groups excluding carboxylic acids is 1. The molecule has 1 heterocycles. The minimum absolute atomic E-state index is 0.0213. The number of aryl methyl sites for hydroxylation is 1. The molecule has 5 nitrogen and oxygen atoms in total. The topological polar surface area (TPSA) is 67.6 Å². The van der Waals surface area contributed by atoms with E-state index in [4.69, 9.17) is 4.42 Å². The Balaban J connectivity index is 1.99. The molecule has 0 bridgehead atoms. The van der Waals surface area contributed by atoms with Crippen molar-refractivity contribution in [3.63, 3.8) is 0 Å². The molecule has 1 aromatic heterocycles. The van der Waals surface area contributed by atoms with Crippen LogP contribution in [-0.2, 0) is 21.1 Å². The van der Waals surface area contributed by atoms with Crippen LogP contribution in [0.25, 0.3) is 0 Å². The largest absolute Gasteiger partial charge is 0.469 e. The van der Waals surface area contributed by atoms with E-state index in [1.165, 1.54) is 6.26 Å². The van der Waals surface area contributed by atoms with E-state index in [1.807, 2.05) is 6.07 Å². The number of amides is 1. The molecule has 1 fully saturated rings. The van der Waals surface area contributed by atoms with E-state index in [0.29, 0.717) is 19.3 Å². The van der Waals surface area contributed by atoms with E-state index in [9.17, 15) is 13.2 Å². The van der Waals surface area contributed by atoms with Gasteiger partial charge in [0.2, 0.25) is 5.91 Å². The van der Waals surface area contributed by atoms with Crippen LogP contribution in [0.4, 0.5) is 0 Å². The summed E-state index contributed by atoms with van der Waals surface area (Å²) in [5.74, 6) is 0.756. The van der Waals surface area contributed by atoms with Crippen LogP contribution in [0.15, 0.2) is 22.8 Å². The Labute approximate surface area is 126 Å². The number of sulfone groups is 1. The summed E-state index contributed by atoms with van der Waals surface area (Å²) >= 11 is 0. The zero-order chi connectivity index (χ0) is 15.5. The molecule has 2 atom stereocenters. The summed E-state index contributed by atoms with van der Waals surface area (Å²) in [5, 5.41) is -0.427. The molecule has 118 valence electrons. The maximum atomic E-state index is 12.3. The molecule has 21 heavy (non-hydrogen) atoms. The van der Waals surface area contributed by atoms with E-state index in [1.54, 1.807) is 24.3 Å². The van der Waals surface area contributed by atoms with E-state index in [-0.39, 0.29) is 11.9 Å². The first kappa shape index (κ1) is 16.1. The van der Waals surface area contributed by atoms with Crippen molar-refractivity contribution in [3.05, 3.63) is 24.2 Å². The number of hydrogen-bond donors (Lipinski definition) is 0. The lowest BCUT2D eigenvalue weighted by molar-refractivity contribution is -0.132. The highest BCUT2D eigenvalue weighted by Crippen LogP contribution is 2.27. The van der Waals surface area contributed by atoms with Crippen LogP contribution >= 0.6 is 0 Å². The molecule has 1 aliphatic rings. The van der Waals surface area contributed by atoms with Gasteiger partial charge >= 0.3 is 0 Å². The Kier molecular flexibility index (Phi) is 5.08. The molecule has 0 radical (unpaired) electrons. The molecule has 0 aliphatic heterocycles. The number of furan rings is 1.